The summed E-state index contributed by atoms with van der Waals surface area (Å²) in [6.45, 7) is 2.60. The van der Waals surface area contributed by atoms with E-state index in [0.29, 0.717) is 6.54 Å². The molecule has 0 heterocycles. The van der Waals surface area contributed by atoms with Gasteiger partial charge in [0.15, 0.2) is 0 Å². The van der Waals surface area contributed by atoms with E-state index in [1.54, 1.807) is 11.8 Å². The Labute approximate surface area is 153 Å². The highest BCUT2D eigenvalue weighted by Crippen LogP contribution is 2.35. The van der Waals surface area contributed by atoms with Gasteiger partial charge < -0.3 is 5.32 Å². The third kappa shape index (κ3) is 4.97. The van der Waals surface area contributed by atoms with Crippen LogP contribution in [0.4, 0.5) is 0 Å². The van der Waals surface area contributed by atoms with E-state index in [4.69, 9.17) is 0 Å². The van der Waals surface area contributed by atoms with Crippen molar-refractivity contribution in [1.29, 1.82) is 0 Å². The predicted molar refractivity (Wildman–Crippen MR) is 105 cm³/mol. The number of carbonyl (C=O) groups is 1. The van der Waals surface area contributed by atoms with Crippen LogP contribution in [0.3, 0.4) is 0 Å². The second-order valence-electron chi connectivity index (χ2n) is 5.93. The van der Waals surface area contributed by atoms with E-state index in [-0.39, 0.29) is 11.2 Å². The van der Waals surface area contributed by atoms with Crippen molar-refractivity contribution in [3.8, 4) is 0 Å². The lowest BCUT2D eigenvalue weighted by Gasteiger charge is -2.17. The van der Waals surface area contributed by atoms with Crippen molar-refractivity contribution in [3.05, 3.63) is 102 Å². The van der Waals surface area contributed by atoms with E-state index in [1.807, 2.05) is 60.7 Å². The molecule has 2 nitrogen and oxygen atoms in total. The average Bonchev–Trinajstić information content (AvgIpc) is 2.67. The van der Waals surface area contributed by atoms with Crippen molar-refractivity contribution in [2.24, 2.45) is 0 Å². The minimum Gasteiger partial charge on any atom is -0.351 e. The SMILES string of the molecule is Cc1ccc(CNC(=O)C(Sc2ccccc2)c2ccccc2)cc1. The van der Waals surface area contributed by atoms with E-state index < -0.39 is 0 Å². The zero-order valence-corrected chi connectivity index (χ0v) is 15.0. The van der Waals surface area contributed by atoms with Gasteiger partial charge in [-0.25, -0.2) is 0 Å². The lowest BCUT2D eigenvalue weighted by atomic mass is 10.1. The first-order chi connectivity index (χ1) is 12.2. The average molecular weight is 347 g/mol. The molecule has 1 amide bonds. The van der Waals surface area contributed by atoms with Crippen molar-refractivity contribution in [1.82, 2.24) is 5.32 Å². The maximum absolute atomic E-state index is 12.9. The van der Waals surface area contributed by atoms with E-state index in [2.05, 4.69) is 36.5 Å². The first-order valence-corrected chi connectivity index (χ1v) is 9.20. The fourth-order valence-corrected chi connectivity index (χ4v) is 3.59. The maximum Gasteiger partial charge on any atom is 0.238 e. The molecule has 3 aromatic rings. The second-order valence-corrected chi connectivity index (χ2v) is 7.10. The predicted octanol–water partition coefficient (Wildman–Crippen LogP) is 5.14. The van der Waals surface area contributed by atoms with Crippen LogP contribution < -0.4 is 5.32 Å². The molecular formula is C22H21NOS. The molecule has 0 fully saturated rings. The summed E-state index contributed by atoms with van der Waals surface area (Å²) in [5, 5.41) is 2.81. The quantitative estimate of drug-likeness (QED) is 0.625. The number of thioether (sulfide) groups is 1. The molecule has 1 N–H and O–H groups in total. The highest BCUT2D eigenvalue weighted by atomic mass is 32.2. The zero-order valence-electron chi connectivity index (χ0n) is 14.2. The highest BCUT2D eigenvalue weighted by molar-refractivity contribution is 8.00. The van der Waals surface area contributed by atoms with Gasteiger partial charge in [-0.15, -0.1) is 11.8 Å². The van der Waals surface area contributed by atoms with Gasteiger partial charge in [-0.05, 0) is 30.2 Å². The molecule has 3 rings (SSSR count). The fourth-order valence-electron chi connectivity index (χ4n) is 2.52. The molecule has 3 heteroatoms. The summed E-state index contributed by atoms with van der Waals surface area (Å²) in [6.07, 6.45) is 0. The summed E-state index contributed by atoms with van der Waals surface area (Å²) >= 11 is 1.58. The molecule has 0 aliphatic carbocycles. The van der Waals surface area contributed by atoms with Crippen LogP contribution in [-0.2, 0) is 11.3 Å². The second kappa shape index (κ2) is 8.54. The number of hydrogen-bond acceptors (Lipinski definition) is 2. The molecule has 0 saturated carbocycles. The Morgan fingerprint density at radius 2 is 1.48 bits per heavy atom. The number of rotatable bonds is 6. The van der Waals surface area contributed by atoms with Gasteiger partial charge in [0.05, 0.1) is 0 Å². The van der Waals surface area contributed by atoms with Gasteiger partial charge in [-0.2, -0.15) is 0 Å². The zero-order chi connectivity index (χ0) is 17.5. The monoisotopic (exact) mass is 347 g/mol. The van der Waals surface area contributed by atoms with Crippen LogP contribution in [0.1, 0.15) is 21.9 Å². The molecule has 0 radical (unpaired) electrons. The Hall–Kier alpha value is -2.52. The molecule has 0 bridgehead atoms. The van der Waals surface area contributed by atoms with Crippen molar-refractivity contribution in [2.45, 2.75) is 23.6 Å². The van der Waals surface area contributed by atoms with Crippen LogP contribution in [0.5, 0.6) is 0 Å². The van der Waals surface area contributed by atoms with Gasteiger partial charge in [-0.3, -0.25) is 4.79 Å². The molecule has 3 aromatic carbocycles. The molecule has 126 valence electrons. The van der Waals surface area contributed by atoms with Crippen LogP contribution in [-0.4, -0.2) is 5.91 Å². The summed E-state index contributed by atoms with van der Waals surface area (Å²) in [5.41, 5.74) is 3.34. The van der Waals surface area contributed by atoms with Gasteiger partial charge in [0.1, 0.15) is 5.25 Å². The lowest BCUT2D eigenvalue weighted by molar-refractivity contribution is -0.120. The van der Waals surface area contributed by atoms with Crippen molar-refractivity contribution in [3.63, 3.8) is 0 Å². The molecule has 1 unspecified atom stereocenters. The molecule has 0 aliphatic heterocycles. The molecule has 1 atom stereocenters. The first kappa shape index (κ1) is 17.3. The number of benzene rings is 3. The topological polar surface area (TPSA) is 29.1 Å². The van der Waals surface area contributed by atoms with E-state index in [9.17, 15) is 4.79 Å². The van der Waals surface area contributed by atoms with Gasteiger partial charge in [0.25, 0.3) is 0 Å². The maximum atomic E-state index is 12.9. The Morgan fingerprint density at radius 3 is 2.12 bits per heavy atom. The van der Waals surface area contributed by atoms with Gasteiger partial charge >= 0.3 is 0 Å². The Bertz CT molecular complexity index is 800. The summed E-state index contributed by atoms with van der Waals surface area (Å²) in [6, 6.07) is 28.2. The van der Waals surface area contributed by atoms with Gasteiger partial charge in [0, 0.05) is 11.4 Å². The van der Waals surface area contributed by atoms with Crippen molar-refractivity contribution in [2.75, 3.05) is 0 Å². The van der Waals surface area contributed by atoms with Crippen LogP contribution in [0.25, 0.3) is 0 Å². The van der Waals surface area contributed by atoms with Gasteiger partial charge in [0.2, 0.25) is 5.91 Å². The van der Waals surface area contributed by atoms with Crippen molar-refractivity contribution >= 4 is 17.7 Å². The fraction of sp³-hybridized carbons (Fsp3) is 0.136. The largest absolute Gasteiger partial charge is 0.351 e. The molecule has 0 aliphatic rings. The van der Waals surface area contributed by atoms with Gasteiger partial charge in [-0.1, -0.05) is 78.4 Å². The standard InChI is InChI=1S/C22H21NOS/c1-17-12-14-18(15-13-17)16-23-22(24)21(19-8-4-2-5-9-19)25-20-10-6-3-7-11-20/h2-15,21H,16H2,1H3,(H,23,24). The number of carbonyl (C=O) groups excluding carboxylic acids is 1. The third-order valence-electron chi connectivity index (χ3n) is 3.92. The highest BCUT2D eigenvalue weighted by Gasteiger charge is 2.21. The van der Waals surface area contributed by atoms with Crippen LogP contribution in [0.15, 0.2) is 89.8 Å². The number of hydrogen-bond donors (Lipinski definition) is 1. The summed E-state index contributed by atoms with van der Waals surface area (Å²) in [4.78, 5) is 13.9. The minimum atomic E-state index is -0.269. The summed E-state index contributed by atoms with van der Waals surface area (Å²) in [7, 11) is 0. The summed E-state index contributed by atoms with van der Waals surface area (Å²) < 4.78 is 0. The van der Waals surface area contributed by atoms with Crippen LogP contribution in [0, 0.1) is 6.92 Å². The summed E-state index contributed by atoms with van der Waals surface area (Å²) in [5.74, 6) is 0.0284. The number of amides is 1. The number of aryl methyl sites for hydroxylation is 1. The molecule has 0 spiro atoms. The molecule has 25 heavy (non-hydrogen) atoms. The van der Waals surface area contributed by atoms with E-state index in [0.717, 1.165) is 16.0 Å². The molecule has 0 aromatic heterocycles. The minimum absolute atomic E-state index is 0.0284. The number of nitrogens with one attached hydrogen (secondary N) is 1. The van der Waals surface area contributed by atoms with E-state index >= 15 is 0 Å². The first-order valence-electron chi connectivity index (χ1n) is 8.32. The normalized spacial score (nSPS) is 11.7. The van der Waals surface area contributed by atoms with Crippen molar-refractivity contribution < 1.29 is 4.79 Å². The van der Waals surface area contributed by atoms with Crippen LogP contribution >= 0.6 is 11.8 Å². The Morgan fingerprint density at radius 1 is 0.880 bits per heavy atom. The molecular weight excluding hydrogens is 326 g/mol. The Balaban J connectivity index is 1.74. The van der Waals surface area contributed by atoms with Crippen LogP contribution in [0.2, 0.25) is 0 Å². The molecule has 0 saturated heterocycles. The lowest BCUT2D eigenvalue weighted by Crippen LogP contribution is -2.27. The Kier molecular flexibility index (Phi) is 5.91. The third-order valence-corrected chi connectivity index (χ3v) is 5.19. The smallest absolute Gasteiger partial charge is 0.238 e. The van der Waals surface area contributed by atoms with E-state index in [1.165, 1.54) is 5.56 Å².